The number of rotatable bonds is 13. The molecule has 2 aromatic carbocycles. The van der Waals surface area contributed by atoms with Crippen molar-refractivity contribution in [3.05, 3.63) is 52.0 Å². The van der Waals surface area contributed by atoms with Crippen LogP contribution in [0.25, 0.3) is 0 Å². The summed E-state index contributed by atoms with van der Waals surface area (Å²) >= 11 is 5.96. The van der Waals surface area contributed by atoms with Gasteiger partial charge in [-0.1, -0.05) is 50.4 Å². The Morgan fingerprint density at radius 2 is 1.74 bits per heavy atom. The fraction of sp³-hybridized carbons (Fsp3) is 0.571. The Morgan fingerprint density at radius 1 is 0.971 bits per heavy atom. The summed E-state index contributed by atoms with van der Waals surface area (Å²) in [6.07, 6.45) is 8.90. The van der Waals surface area contributed by atoms with E-state index in [0.717, 1.165) is 63.0 Å². The zero-order chi connectivity index (χ0) is 24.5. The van der Waals surface area contributed by atoms with Crippen LogP contribution in [0.3, 0.4) is 0 Å². The lowest BCUT2D eigenvalue weighted by Crippen LogP contribution is -2.41. The highest BCUT2D eigenvalue weighted by Gasteiger charge is 2.30. The highest BCUT2D eigenvalue weighted by molar-refractivity contribution is 6.32. The lowest BCUT2D eigenvalue weighted by Gasteiger charge is -2.38. The van der Waals surface area contributed by atoms with Gasteiger partial charge in [0.25, 0.3) is 0 Å². The fourth-order valence-corrected chi connectivity index (χ4v) is 5.46. The topological polar surface area (TPSA) is 76.0 Å². The standard InChI is InChI=1S/C28H41ClN2O3/c1-3-15-31(23-17-20(2)27-22(19-23)9-11-26(33)28(27)34)16-7-5-4-6-13-30-14-12-21-8-10-25(32)24(29)18-21/h8-11,18,20,23,30,32-34H,3-7,12-17,19H2,1-2H3/t20?,23-/m0/s1. The first kappa shape index (κ1) is 26.7. The molecule has 188 valence electrons. The maximum atomic E-state index is 10.3. The van der Waals surface area contributed by atoms with Crippen LogP contribution in [0.2, 0.25) is 5.02 Å². The van der Waals surface area contributed by atoms with E-state index in [1.807, 2.05) is 18.2 Å². The molecule has 1 unspecified atom stereocenters. The average molecular weight is 489 g/mol. The number of benzene rings is 2. The monoisotopic (exact) mass is 488 g/mol. The van der Waals surface area contributed by atoms with E-state index in [1.54, 1.807) is 12.1 Å². The second kappa shape index (κ2) is 13.2. The van der Waals surface area contributed by atoms with Crippen molar-refractivity contribution in [2.75, 3.05) is 26.2 Å². The summed E-state index contributed by atoms with van der Waals surface area (Å²) in [5.74, 6) is 0.460. The van der Waals surface area contributed by atoms with Gasteiger partial charge < -0.3 is 25.5 Å². The van der Waals surface area contributed by atoms with Gasteiger partial charge in [-0.05, 0) is 99.9 Å². The zero-order valence-corrected chi connectivity index (χ0v) is 21.4. The molecule has 2 atom stereocenters. The molecule has 34 heavy (non-hydrogen) atoms. The molecule has 4 N–H and O–H groups in total. The third-order valence-corrected chi connectivity index (χ3v) is 7.34. The van der Waals surface area contributed by atoms with Gasteiger partial charge >= 0.3 is 0 Å². The molecule has 6 heteroatoms. The van der Waals surface area contributed by atoms with Gasteiger partial charge in [-0.2, -0.15) is 0 Å². The predicted octanol–water partition coefficient (Wildman–Crippen LogP) is 5.98. The van der Waals surface area contributed by atoms with Crippen LogP contribution in [0.4, 0.5) is 0 Å². The number of fused-ring (bicyclic) bond motifs is 1. The minimum absolute atomic E-state index is 0.00583. The molecule has 3 rings (SSSR count). The van der Waals surface area contributed by atoms with E-state index >= 15 is 0 Å². The Labute approximate surface area is 209 Å². The highest BCUT2D eigenvalue weighted by atomic mass is 35.5. The lowest BCUT2D eigenvalue weighted by atomic mass is 9.79. The minimum Gasteiger partial charge on any atom is -0.506 e. The molecule has 0 saturated carbocycles. The van der Waals surface area contributed by atoms with Gasteiger partial charge in [-0.25, -0.2) is 0 Å². The Kier molecular flexibility index (Phi) is 10.4. The van der Waals surface area contributed by atoms with E-state index in [1.165, 1.54) is 31.2 Å². The van der Waals surface area contributed by atoms with Crippen LogP contribution in [0.5, 0.6) is 17.2 Å². The molecular weight excluding hydrogens is 448 g/mol. The lowest BCUT2D eigenvalue weighted by molar-refractivity contribution is 0.167. The third-order valence-electron chi connectivity index (χ3n) is 7.04. The Hall–Kier alpha value is -1.95. The van der Waals surface area contributed by atoms with Crippen molar-refractivity contribution in [2.45, 2.75) is 77.2 Å². The summed E-state index contributed by atoms with van der Waals surface area (Å²) in [6.45, 7) is 8.59. The summed E-state index contributed by atoms with van der Waals surface area (Å²) in [6, 6.07) is 9.52. The first-order valence-electron chi connectivity index (χ1n) is 12.9. The number of unbranched alkanes of at least 4 members (excludes halogenated alkanes) is 3. The number of phenols is 3. The number of aromatic hydroxyl groups is 3. The maximum Gasteiger partial charge on any atom is 0.161 e. The Balaban J connectivity index is 1.34. The van der Waals surface area contributed by atoms with Gasteiger partial charge in [0.2, 0.25) is 0 Å². The van der Waals surface area contributed by atoms with E-state index in [2.05, 4.69) is 24.1 Å². The normalized spacial score (nSPS) is 17.8. The van der Waals surface area contributed by atoms with Crippen LogP contribution in [0.1, 0.15) is 75.0 Å². The highest BCUT2D eigenvalue weighted by Crippen LogP contribution is 2.42. The molecule has 0 saturated heterocycles. The van der Waals surface area contributed by atoms with Gasteiger partial charge in [-0.3, -0.25) is 0 Å². The summed E-state index contributed by atoms with van der Waals surface area (Å²) in [7, 11) is 0. The van der Waals surface area contributed by atoms with Gasteiger partial charge in [0.1, 0.15) is 5.75 Å². The second-order valence-electron chi connectivity index (χ2n) is 9.74. The quantitative estimate of drug-likeness (QED) is 0.206. The molecular formula is C28H41ClN2O3. The van der Waals surface area contributed by atoms with Gasteiger partial charge in [0, 0.05) is 11.6 Å². The average Bonchev–Trinajstić information content (AvgIpc) is 2.81. The number of hydrogen-bond acceptors (Lipinski definition) is 5. The second-order valence-corrected chi connectivity index (χ2v) is 10.1. The van der Waals surface area contributed by atoms with Crippen LogP contribution in [-0.4, -0.2) is 52.4 Å². The first-order valence-corrected chi connectivity index (χ1v) is 13.2. The molecule has 0 aromatic heterocycles. The van der Waals surface area contributed by atoms with Gasteiger partial charge in [0.05, 0.1) is 5.02 Å². The molecule has 0 aliphatic heterocycles. The minimum atomic E-state index is -0.00583. The summed E-state index contributed by atoms with van der Waals surface area (Å²) in [5.41, 5.74) is 3.26. The van der Waals surface area contributed by atoms with E-state index in [-0.39, 0.29) is 23.2 Å². The van der Waals surface area contributed by atoms with Crippen molar-refractivity contribution < 1.29 is 15.3 Å². The number of nitrogens with one attached hydrogen (secondary N) is 1. The van der Waals surface area contributed by atoms with Crippen molar-refractivity contribution in [1.29, 1.82) is 0 Å². The zero-order valence-electron chi connectivity index (χ0n) is 20.7. The molecule has 1 aliphatic carbocycles. The molecule has 0 spiro atoms. The SMILES string of the molecule is CCCN(CCCCCCNCCc1ccc(O)c(Cl)c1)[C@@H]1Cc2ccc(O)c(O)c2C(C)C1. The molecule has 0 fully saturated rings. The van der Waals surface area contributed by atoms with E-state index in [9.17, 15) is 15.3 Å². The maximum absolute atomic E-state index is 10.3. The molecule has 0 radical (unpaired) electrons. The number of nitrogens with zero attached hydrogens (tertiary/aromatic N) is 1. The largest absolute Gasteiger partial charge is 0.506 e. The molecule has 0 amide bonds. The Morgan fingerprint density at radius 3 is 2.50 bits per heavy atom. The van der Waals surface area contributed by atoms with Crippen LogP contribution in [-0.2, 0) is 12.8 Å². The van der Waals surface area contributed by atoms with E-state index < -0.39 is 0 Å². The predicted molar refractivity (Wildman–Crippen MR) is 140 cm³/mol. The third kappa shape index (κ3) is 7.27. The summed E-state index contributed by atoms with van der Waals surface area (Å²) in [4.78, 5) is 2.64. The molecule has 0 heterocycles. The van der Waals surface area contributed by atoms with E-state index in [4.69, 9.17) is 11.6 Å². The van der Waals surface area contributed by atoms with Crippen LogP contribution >= 0.6 is 11.6 Å². The van der Waals surface area contributed by atoms with Crippen LogP contribution < -0.4 is 5.32 Å². The van der Waals surface area contributed by atoms with Crippen LogP contribution in [0.15, 0.2) is 30.3 Å². The van der Waals surface area contributed by atoms with Crippen molar-refractivity contribution in [2.24, 2.45) is 0 Å². The van der Waals surface area contributed by atoms with Crippen molar-refractivity contribution in [3.8, 4) is 17.2 Å². The summed E-state index contributed by atoms with van der Waals surface area (Å²) < 4.78 is 0. The molecule has 1 aliphatic rings. The van der Waals surface area contributed by atoms with Crippen molar-refractivity contribution in [3.63, 3.8) is 0 Å². The number of phenolic OH excluding ortho intramolecular Hbond substituents is 3. The van der Waals surface area contributed by atoms with Crippen LogP contribution in [0, 0.1) is 0 Å². The number of hydrogen-bond donors (Lipinski definition) is 4. The summed E-state index contributed by atoms with van der Waals surface area (Å²) in [5, 5.41) is 33.6. The number of halogens is 1. The smallest absolute Gasteiger partial charge is 0.161 e. The first-order chi connectivity index (χ1) is 16.4. The van der Waals surface area contributed by atoms with Gasteiger partial charge in [-0.15, -0.1) is 0 Å². The van der Waals surface area contributed by atoms with Crippen molar-refractivity contribution >= 4 is 11.6 Å². The van der Waals surface area contributed by atoms with Gasteiger partial charge in [0.15, 0.2) is 11.5 Å². The van der Waals surface area contributed by atoms with Crippen molar-refractivity contribution in [1.82, 2.24) is 10.2 Å². The Bertz CT molecular complexity index is 921. The fourth-order valence-electron chi connectivity index (χ4n) is 5.25. The molecule has 2 aromatic rings. The molecule has 0 bridgehead atoms. The van der Waals surface area contributed by atoms with E-state index in [0.29, 0.717) is 11.1 Å². The molecule has 5 nitrogen and oxygen atoms in total.